The first-order valence-corrected chi connectivity index (χ1v) is 12.6. The first-order valence-electron chi connectivity index (χ1n) is 11.3. The normalized spacial score (nSPS) is 21.0. The molecule has 0 spiro atoms. The van der Waals surface area contributed by atoms with Crippen LogP contribution in [0.2, 0.25) is 0 Å². The molecule has 2 aliphatic rings. The van der Waals surface area contributed by atoms with Crippen molar-refractivity contribution in [3.8, 4) is 0 Å². The number of fused-ring (bicyclic) bond motifs is 2. The van der Waals surface area contributed by atoms with Gasteiger partial charge in [0.15, 0.2) is 0 Å². The number of allylic oxidation sites excluding steroid dienone is 3. The first kappa shape index (κ1) is 19.5. The van der Waals surface area contributed by atoms with Gasteiger partial charge in [-0.15, -0.1) is 0 Å². The number of rotatable bonds is 4. The van der Waals surface area contributed by atoms with Crippen LogP contribution in [-0.4, -0.2) is 0 Å². The summed E-state index contributed by atoms with van der Waals surface area (Å²) in [4.78, 5) is 0. The van der Waals surface area contributed by atoms with Gasteiger partial charge in [-0.1, -0.05) is 127 Å². The highest BCUT2D eigenvalue weighted by Gasteiger charge is 2.59. The van der Waals surface area contributed by atoms with Crippen LogP contribution in [0.1, 0.15) is 29.2 Å². The number of benzene rings is 4. The molecule has 0 aromatic heterocycles. The molecule has 2 bridgehead atoms. The zero-order chi connectivity index (χ0) is 21.5. The van der Waals surface area contributed by atoms with E-state index in [1.807, 2.05) is 0 Å². The maximum Gasteiger partial charge on any atom is 0.0583 e. The summed E-state index contributed by atoms with van der Waals surface area (Å²) in [5.41, 5.74) is 7.09. The van der Waals surface area contributed by atoms with Crippen LogP contribution >= 0.6 is 7.92 Å². The van der Waals surface area contributed by atoms with Gasteiger partial charge < -0.3 is 0 Å². The zero-order valence-electron chi connectivity index (χ0n) is 18.1. The van der Waals surface area contributed by atoms with Crippen molar-refractivity contribution in [1.29, 1.82) is 0 Å². The Hall–Kier alpha value is -3.21. The Balaban J connectivity index is 1.65. The molecular formula is C31H25P. The van der Waals surface area contributed by atoms with Gasteiger partial charge in [-0.05, 0) is 53.3 Å². The molecule has 0 saturated carbocycles. The Morgan fingerprint density at radius 3 is 1.50 bits per heavy atom. The van der Waals surface area contributed by atoms with E-state index < -0.39 is 7.92 Å². The van der Waals surface area contributed by atoms with Crippen molar-refractivity contribution in [2.24, 2.45) is 5.92 Å². The average molecular weight is 429 g/mol. The van der Waals surface area contributed by atoms with E-state index in [-0.39, 0.29) is 5.16 Å². The minimum atomic E-state index is -0.592. The molecule has 6 rings (SSSR count). The van der Waals surface area contributed by atoms with Crippen molar-refractivity contribution in [2.75, 3.05) is 0 Å². The Morgan fingerprint density at radius 1 is 0.562 bits per heavy atom. The predicted octanol–water partition coefficient (Wildman–Crippen LogP) is 8.53. The quantitative estimate of drug-likeness (QED) is 0.286. The van der Waals surface area contributed by atoms with Crippen LogP contribution in [0.4, 0.5) is 0 Å². The molecule has 0 radical (unpaired) electrons. The van der Waals surface area contributed by atoms with Crippen molar-refractivity contribution in [1.82, 2.24) is 0 Å². The second-order valence-corrected chi connectivity index (χ2v) is 11.1. The molecule has 2 atom stereocenters. The van der Waals surface area contributed by atoms with Gasteiger partial charge in [0.25, 0.3) is 0 Å². The lowest BCUT2D eigenvalue weighted by Crippen LogP contribution is -2.28. The third-order valence-electron chi connectivity index (χ3n) is 6.99. The van der Waals surface area contributed by atoms with Crippen molar-refractivity contribution < 1.29 is 0 Å². The summed E-state index contributed by atoms with van der Waals surface area (Å²) < 4.78 is 0. The highest BCUT2D eigenvalue weighted by atomic mass is 31.1. The van der Waals surface area contributed by atoms with E-state index in [4.69, 9.17) is 0 Å². The molecule has 32 heavy (non-hydrogen) atoms. The molecule has 2 heterocycles. The van der Waals surface area contributed by atoms with Gasteiger partial charge in [0.2, 0.25) is 0 Å². The van der Waals surface area contributed by atoms with Gasteiger partial charge >= 0.3 is 0 Å². The maximum absolute atomic E-state index is 2.59. The Morgan fingerprint density at radius 2 is 1.00 bits per heavy atom. The van der Waals surface area contributed by atoms with Gasteiger partial charge in [0.05, 0.1) is 5.16 Å². The predicted molar refractivity (Wildman–Crippen MR) is 138 cm³/mol. The summed E-state index contributed by atoms with van der Waals surface area (Å²) in [5.74, 6) is 0.316. The van der Waals surface area contributed by atoms with Crippen LogP contribution in [0.5, 0.6) is 0 Å². The molecule has 0 N–H and O–H groups in total. The molecule has 0 amide bonds. The van der Waals surface area contributed by atoms with Gasteiger partial charge in [-0.2, -0.15) is 0 Å². The van der Waals surface area contributed by atoms with Crippen LogP contribution in [0.15, 0.2) is 133 Å². The van der Waals surface area contributed by atoms with Crippen LogP contribution in [0, 0.1) is 5.92 Å². The lowest BCUT2D eigenvalue weighted by molar-refractivity contribution is 0.653. The lowest BCUT2D eigenvalue weighted by Gasteiger charge is -2.38. The van der Waals surface area contributed by atoms with Gasteiger partial charge in [-0.3, -0.25) is 0 Å². The Bertz CT molecular complexity index is 1260. The van der Waals surface area contributed by atoms with Gasteiger partial charge in [0.1, 0.15) is 0 Å². The van der Waals surface area contributed by atoms with E-state index in [9.17, 15) is 0 Å². The fourth-order valence-corrected chi connectivity index (χ4v) is 9.56. The molecule has 0 aliphatic carbocycles. The molecule has 0 fully saturated rings. The minimum Gasteiger partial charge on any atom is -0.0667 e. The fraction of sp³-hybridized carbons (Fsp3) is 0.0968. The van der Waals surface area contributed by atoms with E-state index in [2.05, 4.69) is 134 Å². The zero-order valence-corrected chi connectivity index (χ0v) is 19.0. The summed E-state index contributed by atoms with van der Waals surface area (Å²) in [5, 5.41) is 3.01. The first-order chi connectivity index (χ1) is 15.8. The standard InChI is InChI=1S/C31H25P/c1-23-30(25-16-8-3-9-17-25)28-22-29(24-14-6-2-7-15-24)32(23)31(28,26-18-10-4-11-19-26)27-20-12-5-13-21-27/h2-22,28H,1H3. The van der Waals surface area contributed by atoms with Gasteiger partial charge in [-0.25, -0.2) is 0 Å². The van der Waals surface area contributed by atoms with Crippen molar-refractivity contribution in [3.05, 3.63) is 155 Å². The maximum atomic E-state index is 2.59. The largest absolute Gasteiger partial charge is 0.0667 e. The molecule has 0 nitrogen and oxygen atoms in total. The van der Waals surface area contributed by atoms with E-state index in [0.29, 0.717) is 5.92 Å². The monoisotopic (exact) mass is 428 g/mol. The summed E-state index contributed by atoms with van der Waals surface area (Å²) in [6.45, 7) is 2.39. The topological polar surface area (TPSA) is 0 Å². The molecule has 2 unspecified atom stereocenters. The minimum absolute atomic E-state index is 0.0711. The summed E-state index contributed by atoms with van der Waals surface area (Å²) in [7, 11) is -0.592. The summed E-state index contributed by atoms with van der Waals surface area (Å²) in [6.07, 6.45) is 2.59. The Labute approximate surface area is 191 Å². The summed E-state index contributed by atoms with van der Waals surface area (Å²) >= 11 is 0. The van der Waals surface area contributed by atoms with Crippen molar-refractivity contribution >= 4 is 18.8 Å². The second kappa shape index (κ2) is 7.73. The highest BCUT2D eigenvalue weighted by molar-refractivity contribution is 7.74. The van der Waals surface area contributed by atoms with Crippen LogP contribution in [0.3, 0.4) is 0 Å². The summed E-state index contributed by atoms with van der Waals surface area (Å²) in [6, 6.07) is 44.5. The molecule has 154 valence electrons. The fourth-order valence-electron chi connectivity index (χ4n) is 5.77. The lowest BCUT2D eigenvalue weighted by atomic mass is 9.74. The third-order valence-corrected chi connectivity index (χ3v) is 10.3. The van der Waals surface area contributed by atoms with Crippen molar-refractivity contribution in [3.63, 3.8) is 0 Å². The van der Waals surface area contributed by atoms with Crippen LogP contribution < -0.4 is 0 Å². The smallest absolute Gasteiger partial charge is 0.0583 e. The van der Waals surface area contributed by atoms with E-state index >= 15 is 0 Å². The number of hydrogen-bond donors (Lipinski definition) is 0. The molecular weight excluding hydrogens is 403 g/mol. The third kappa shape index (κ3) is 2.73. The van der Waals surface area contributed by atoms with E-state index in [1.54, 1.807) is 5.31 Å². The molecule has 0 saturated heterocycles. The van der Waals surface area contributed by atoms with E-state index in [0.717, 1.165) is 0 Å². The average Bonchev–Trinajstić information content (AvgIpc) is 3.35. The highest BCUT2D eigenvalue weighted by Crippen LogP contribution is 2.84. The van der Waals surface area contributed by atoms with Crippen LogP contribution in [0.25, 0.3) is 10.9 Å². The van der Waals surface area contributed by atoms with Crippen molar-refractivity contribution in [2.45, 2.75) is 12.1 Å². The molecule has 2 aliphatic heterocycles. The second-order valence-electron chi connectivity index (χ2n) is 8.59. The molecule has 1 heteroatoms. The molecule has 4 aromatic rings. The van der Waals surface area contributed by atoms with E-state index in [1.165, 1.54) is 33.1 Å². The van der Waals surface area contributed by atoms with Crippen LogP contribution in [-0.2, 0) is 5.16 Å². The number of hydrogen-bond acceptors (Lipinski definition) is 0. The van der Waals surface area contributed by atoms with Gasteiger partial charge in [0, 0.05) is 5.92 Å². The Kier molecular flexibility index (Phi) is 4.71. The molecule has 4 aromatic carbocycles. The SMILES string of the molecule is CC1=C(c2ccccc2)C2C=C(c3ccccc3)P1C2(c1ccccc1)c1ccccc1.